The summed E-state index contributed by atoms with van der Waals surface area (Å²) in [6.07, 6.45) is 8.29. The zero-order valence-corrected chi connectivity index (χ0v) is 38.2. The number of carbonyl (C=O) groups excluding carboxylic acids is 3. The van der Waals surface area contributed by atoms with Gasteiger partial charge < -0.3 is 33.4 Å². The number of hydrogen-bond donors (Lipinski definition) is 0. The summed E-state index contributed by atoms with van der Waals surface area (Å²) in [6.45, 7) is 7.22. The first-order valence-electron chi connectivity index (χ1n) is 21.2. The number of piperazine rings is 1. The van der Waals surface area contributed by atoms with E-state index in [4.69, 9.17) is 35.9 Å². The Morgan fingerprint density at radius 3 is 2.33 bits per heavy atom. The molecule has 1 unspecified atom stereocenters. The van der Waals surface area contributed by atoms with Crippen molar-refractivity contribution >= 4 is 56.9 Å². The first kappa shape index (κ1) is 48.8. The minimum absolute atomic E-state index is 0.0690. The molecule has 63 heavy (non-hydrogen) atoms. The molecule has 0 aliphatic carbocycles. The molecule has 0 saturated carbocycles. The van der Waals surface area contributed by atoms with Crippen LogP contribution in [0.4, 0.5) is 0 Å². The van der Waals surface area contributed by atoms with E-state index < -0.39 is 23.1 Å². The quantitative estimate of drug-likeness (QED) is 0.00857. The first-order chi connectivity index (χ1) is 30.6. The Labute approximate surface area is 380 Å². The van der Waals surface area contributed by atoms with Crippen LogP contribution < -0.4 is 14.2 Å². The van der Waals surface area contributed by atoms with Crippen LogP contribution in [0.15, 0.2) is 78.9 Å². The van der Waals surface area contributed by atoms with Crippen molar-refractivity contribution in [3.63, 3.8) is 0 Å². The normalized spacial score (nSPS) is 13.6. The SMILES string of the molecule is CCCCC(OC(=O)CN1CCN(CCCCCOc2ccc(-c3cc(=S)ss3)cc2)CC1)c1ccccc1C(=O)Oc1ccc(/C=C/C(=O)OCCCCO[N+](=O)[O-])cc1OC. The van der Waals surface area contributed by atoms with Crippen molar-refractivity contribution in [3.05, 3.63) is 110 Å². The Morgan fingerprint density at radius 2 is 1.60 bits per heavy atom. The van der Waals surface area contributed by atoms with Crippen LogP contribution in [0.1, 0.15) is 85.9 Å². The van der Waals surface area contributed by atoms with Gasteiger partial charge in [0.2, 0.25) is 0 Å². The summed E-state index contributed by atoms with van der Waals surface area (Å²) in [4.78, 5) is 59.4. The van der Waals surface area contributed by atoms with E-state index in [1.807, 2.05) is 24.3 Å². The summed E-state index contributed by atoms with van der Waals surface area (Å²) in [5, 5.41) is 9.35. The molecule has 0 amide bonds. The van der Waals surface area contributed by atoms with E-state index in [1.54, 1.807) is 57.1 Å². The van der Waals surface area contributed by atoms with Crippen molar-refractivity contribution in [2.45, 2.75) is 64.4 Å². The van der Waals surface area contributed by atoms with Crippen molar-refractivity contribution in [3.8, 4) is 27.7 Å². The lowest BCUT2D eigenvalue weighted by Crippen LogP contribution is -2.48. The predicted octanol–water partition coefficient (Wildman–Crippen LogP) is 9.62. The predicted molar refractivity (Wildman–Crippen MR) is 246 cm³/mol. The van der Waals surface area contributed by atoms with Gasteiger partial charge in [0, 0.05) is 42.7 Å². The highest BCUT2D eigenvalue weighted by Gasteiger charge is 2.26. The van der Waals surface area contributed by atoms with Crippen molar-refractivity contribution < 1.29 is 48.0 Å². The second kappa shape index (κ2) is 26.4. The minimum Gasteiger partial charge on any atom is -0.494 e. The molecule has 1 aliphatic rings. The largest absolute Gasteiger partial charge is 0.494 e. The molecule has 0 bridgehead atoms. The van der Waals surface area contributed by atoms with Crippen LogP contribution in [0.2, 0.25) is 0 Å². The van der Waals surface area contributed by atoms with Crippen LogP contribution in [-0.2, 0) is 23.9 Å². The molecule has 0 radical (unpaired) electrons. The zero-order chi connectivity index (χ0) is 44.8. The Kier molecular flexibility index (Phi) is 20.5. The van der Waals surface area contributed by atoms with Crippen molar-refractivity contribution in [1.82, 2.24) is 9.80 Å². The lowest BCUT2D eigenvalue weighted by molar-refractivity contribution is -0.757. The van der Waals surface area contributed by atoms with Crippen LogP contribution in [0.25, 0.3) is 16.5 Å². The van der Waals surface area contributed by atoms with E-state index in [9.17, 15) is 24.5 Å². The number of benzene rings is 3. The lowest BCUT2D eigenvalue weighted by Gasteiger charge is -2.34. The average Bonchev–Trinajstić information content (AvgIpc) is 3.73. The van der Waals surface area contributed by atoms with Gasteiger partial charge in [-0.15, -0.1) is 10.1 Å². The molecule has 1 aliphatic heterocycles. The smallest absolute Gasteiger partial charge is 0.344 e. The number of rotatable bonds is 26. The van der Waals surface area contributed by atoms with Crippen molar-refractivity contribution in [1.29, 1.82) is 0 Å². The van der Waals surface area contributed by atoms with Gasteiger partial charge in [-0.05, 0) is 117 Å². The van der Waals surface area contributed by atoms with E-state index in [0.29, 0.717) is 37.0 Å². The third-order valence-electron chi connectivity index (χ3n) is 10.2. The van der Waals surface area contributed by atoms with Gasteiger partial charge in [-0.1, -0.05) is 70.5 Å². The van der Waals surface area contributed by atoms with Gasteiger partial charge in [0.05, 0.1) is 39.0 Å². The van der Waals surface area contributed by atoms with Crippen molar-refractivity contribution in [2.24, 2.45) is 0 Å². The molecule has 5 rings (SSSR count). The average molecular weight is 922 g/mol. The topological polar surface area (TPSA) is 156 Å². The Bertz CT molecular complexity index is 2170. The molecule has 1 atom stereocenters. The van der Waals surface area contributed by atoms with E-state index >= 15 is 0 Å². The van der Waals surface area contributed by atoms with E-state index in [2.05, 4.69) is 33.7 Å². The molecular weight excluding hydrogens is 867 g/mol. The monoisotopic (exact) mass is 921 g/mol. The van der Waals surface area contributed by atoms with Crippen molar-refractivity contribution in [2.75, 3.05) is 66.2 Å². The highest BCUT2D eigenvalue weighted by atomic mass is 32.9. The van der Waals surface area contributed by atoms with Gasteiger partial charge in [0.1, 0.15) is 15.7 Å². The molecule has 3 aromatic carbocycles. The molecule has 0 N–H and O–H groups in total. The Morgan fingerprint density at radius 1 is 0.857 bits per heavy atom. The molecule has 4 aromatic rings. The molecule has 1 aromatic heterocycles. The number of unbranched alkanes of at least 4 members (excludes halogenated alkanes) is 4. The molecule has 17 heteroatoms. The second-order valence-corrected chi connectivity index (χ2v) is 17.7. The van der Waals surface area contributed by atoms with Crippen LogP contribution in [0.3, 0.4) is 0 Å². The summed E-state index contributed by atoms with van der Waals surface area (Å²) in [5.41, 5.74) is 2.60. The number of methoxy groups -OCH3 is 1. The number of esters is 3. The molecule has 0 spiro atoms. The van der Waals surface area contributed by atoms with Crippen LogP contribution in [0.5, 0.6) is 17.2 Å². The van der Waals surface area contributed by atoms with E-state index in [1.165, 1.54) is 24.1 Å². The summed E-state index contributed by atoms with van der Waals surface area (Å²) >= 11 is 5.25. The second-order valence-electron chi connectivity index (χ2n) is 14.8. The zero-order valence-electron chi connectivity index (χ0n) is 35.7. The van der Waals surface area contributed by atoms with Gasteiger partial charge in [0.15, 0.2) is 11.5 Å². The van der Waals surface area contributed by atoms with Gasteiger partial charge in [-0.2, -0.15) is 0 Å². The molecule has 14 nitrogen and oxygen atoms in total. The van der Waals surface area contributed by atoms with E-state index in [0.717, 1.165) is 80.0 Å². The Hall–Kier alpha value is -5.20. The number of ether oxygens (including phenoxy) is 5. The van der Waals surface area contributed by atoms with E-state index in [-0.39, 0.29) is 42.8 Å². The lowest BCUT2D eigenvalue weighted by atomic mass is 9.98. The minimum atomic E-state index is -0.865. The van der Waals surface area contributed by atoms with Gasteiger partial charge >= 0.3 is 17.9 Å². The summed E-state index contributed by atoms with van der Waals surface area (Å²) in [5.74, 6) is -0.241. The fraction of sp³-hybridized carbons (Fsp3) is 0.435. The van der Waals surface area contributed by atoms with Crippen LogP contribution in [-0.4, -0.2) is 99.0 Å². The highest BCUT2D eigenvalue weighted by molar-refractivity contribution is 7.80. The molecule has 2 heterocycles. The highest BCUT2D eigenvalue weighted by Crippen LogP contribution is 2.33. The Balaban J connectivity index is 1.04. The third-order valence-corrected chi connectivity index (χ3v) is 13.1. The first-order valence-corrected chi connectivity index (χ1v) is 23.8. The maximum atomic E-state index is 13.7. The maximum absolute atomic E-state index is 13.7. The molecule has 1 fully saturated rings. The summed E-state index contributed by atoms with van der Waals surface area (Å²) < 4.78 is 29.4. The number of hydrogen-bond acceptors (Lipinski definition) is 16. The maximum Gasteiger partial charge on any atom is 0.344 e. The fourth-order valence-corrected chi connectivity index (χ4v) is 9.23. The van der Waals surface area contributed by atoms with Gasteiger partial charge in [-0.3, -0.25) is 9.69 Å². The molecular formula is C46H55N3O11S3. The molecule has 338 valence electrons. The summed E-state index contributed by atoms with van der Waals surface area (Å²) in [7, 11) is 4.75. The standard InChI is InChI=1S/C46H55N3O11S3/c1-3-4-14-39(59-44(51)33-48-26-24-47(25-27-48)23-8-5-9-28-56-36-19-17-35(18-20-36)42-32-45(61)63-62-42)37-12-6-7-13-38(37)46(52)60-40-21-15-34(31-41(40)55-2)16-22-43(50)57-29-10-11-30-58-49(53)54/h6-7,12-13,15-22,31-32,39H,3-5,8-11,14,23-30,33H2,1-2H3/b22-16+. The van der Waals surface area contributed by atoms with Gasteiger partial charge in [0.25, 0.3) is 5.09 Å². The summed E-state index contributed by atoms with van der Waals surface area (Å²) in [6, 6.07) is 22.1. The number of nitrogens with zero attached hydrogens (tertiary/aromatic N) is 3. The van der Waals surface area contributed by atoms with Crippen LogP contribution >= 0.6 is 32.9 Å². The number of carbonyl (C=O) groups is 3. The van der Waals surface area contributed by atoms with Crippen LogP contribution in [0, 0.1) is 13.9 Å². The molecule has 1 saturated heterocycles. The van der Waals surface area contributed by atoms with Gasteiger partial charge in [-0.25, -0.2) is 9.59 Å². The third kappa shape index (κ3) is 16.8. The fourth-order valence-electron chi connectivity index (χ4n) is 6.83.